The van der Waals surface area contributed by atoms with E-state index in [0.29, 0.717) is 12.2 Å². The molecule has 0 fully saturated rings. The van der Waals surface area contributed by atoms with Crippen molar-refractivity contribution in [2.24, 2.45) is 0 Å². The highest BCUT2D eigenvalue weighted by atomic mass is 32.2. The van der Waals surface area contributed by atoms with Crippen molar-refractivity contribution in [3.8, 4) is 11.1 Å². The van der Waals surface area contributed by atoms with Crippen LogP contribution in [-0.4, -0.2) is 41.6 Å². The maximum Gasteiger partial charge on any atom is 0.412 e. The molecule has 8 heteroatoms. The van der Waals surface area contributed by atoms with Crippen molar-refractivity contribution in [3.05, 3.63) is 83.4 Å². The summed E-state index contributed by atoms with van der Waals surface area (Å²) in [7, 11) is -4.25. The normalized spacial score (nSPS) is 15.9. The number of fused-ring (bicyclic) bond motifs is 4. The van der Waals surface area contributed by atoms with Crippen LogP contribution in [0.4, 0.5) is 16.2 Å². The van der Waals surface area contributed by atoms with Gasteiger partial charge in [-0.2, -0.15) is 4.58 Å². The van der Waals surface area contributed by atoms with E-state index in [1.807, 2.05) is 73.7 Å². The molecule has 1 amide bonds. The van der Waals surface area contributed by atoms with Gasteiger partial charge in [-0.3, -0.25) is 5.32 Å². The summed E-state index contributed by atoms with van der Waals surface area (Å²) < 4.78 is 41.1. The summed E-state index contributed by atoms with van der Waals surface area (Å²) in [6, 6.07) is 21.5. The molecule has 186 valence electrons. The Bertz CT molecular complexity index is 1460. The lowest BCUT2D eigenvalue weighted by molar-refractivity contribution is -0.438. The SMILES string of the molecule is CC1=[N+](CCCS(=O)(=O)[O-])c2ccc(NC(=O)OC3c4ccccc4-c4ccccc43)cc2C1(C)C. The zero-order valence-corrected chi connectivity index (χ0v) is 21.3. The molecule has 3 aromatic carbocycles. The average molecular weight is 505 g/mol. The summed E-state index contributed by atoms with van der Waals surface area (Å²) in [5.41, 5.74) is 7.37. The van der Waals surface area contributed by atoms with Crippen molar-refractivity contribution >= 4 is 33.3 Å². The molecule has 5 rings (SSSR count). The number of hydrogen-bond donors (Lipinski definition) is 1. The smallest absolute Gasteiger partial charge is 0.412 e. The van der Waals surface area contributed by atoms with Gasteiger partial charge in [0.25, 0.3) is 0 Å². The molecular weight excluding hydrogens is 476 g/mol. The molecule has 1 N–H and O–H groups in total. The number of carbonyl (C=O) groups excluding carboxylic acids is 1. The first-order valence-electron chi connectivity index (χ1n) is 11.9. The van der Waals surface area contributed by atoms with Gasteiger partial charge in [0.2, 0.25) is 5.69 Å². The fourth-order valence-corrected chi connectivity index (χ4v) is 5.72. The number of hydrogen-bond acceptors (Lipinski definition) is 5. The topological polar surface area (TPSA) is 98.5 Å². The molecule has 0 atom stereocenters. The first-order chi connectivity index (χ1) is 17.1. The summed E-state index contributed by atoms with van der Waals surface area (Å²) in [5.74, 6) is -0.397. The second kappa shape index (κ2) is 8.87. The Morgan fingerprint density at radius 2 is 1.64 bits per heavy atom. The predicted molar refractivity (Wildman–Crippen MR) is 138 cm³/mol. The highest BCUT2D eigenvalue weighted by Gasteiger charge is 2.43. The van der Waals surface area contributed by atoms with Crippen molar-refractivity contribution in [1.29, 1.82) is 0 Å². The third-order valence-corrected chi connectivity index (χ3v) is 8.08. The Hall–Kier alpha value is -3.49. The van der Waals surface area contributed by atoms with Crippen LogP contribution in [0.2, 0.25) is 0 Å². The van der Waals surface area contributed by atoms with E-state index in [1.165, 1.54) is 0 Å². The standard InChI is InChI=1S/C28H28N2O5S/c1-18-28(2,3)24-17-19(13-14-25(24)30(18)15-8-16-36(32,33)34)29-27(31)35-26-22-11-6-4-9-20(22)21-10-5-7-12-23(21)26/h4-7,9-14,17,26H,8,15-16H2,1-3H3,(H-,29,31,32,33,34). The van der Waals surface area contributed by atoms with Crippen LogP contribution in [0, 0.1) is 0 Å². The van der Waals surface area contributed by atoms with Crippen molar-refractivity contribution in [1.82, 2.24) is 0 Å². The Morgan fingerprint density at radius 1 is 1.03 bits per heavy atom. The van der Waals surface area contributed by atoms with Gasteiger partial charge in [0.15, 0.2) is 11.8 Å². The van der Waals surface area contributed by atoms with Gasteiger partial charge in [-0.05, 0) is 37.1 Å². The summed E-state index contributed by atoms with van der Waals surface area (Å²) in [4.78, 5) is 13.0. The number of nitrogens with zero attached hydrogens (tertiary/aromatic N) is 1. The quantitative estimate of drug-likeness (QED) is 0.361. The molecule has 3 aromatic rings. The molecule has 2 aliphatic rings. The van der Waals surface area contributed by atoms with Crippen molar-refractivity contribution in [2.75, 3.05) is 17.6 Å². The molecular formula is C28H28N2O5S. The lowest BCUT2D eigenvalue weighted by Crippen LogP contribution is -2.27. The van der Waals surface area contributed by atoms with E-state index >= 15 is 0 Å². The van der Waals surface area contributed by atoms with E-state index in [0.717, 1.165) is 39.2 Å². The Balaban J connectivity index is 1.35. The van der Waals surface area contributed by atoms with Crippen LogP contribution in [-0.2, 0) is 20.3 Å². The highest BCUT2D eigenvalue weighted by Crippen LogP contribution is 2.45. The van der Waals surface area contributed by atoms with Crippen molar-refractivity contribution in [3.63, 3.8) is 0 Å². The van der Waals surface area contributed by atoms with Gasteiger partial charge < -0.3 is 9.29 Å². The van der Waals surface area contributed by atoms with Crippen molar-refractivity contribution in [2.45, 2.75) is 38.7 Å². The minimum Gasteiger partial charge on any atom is -0.748 e. The average Bonchev–Trinajstić information content (AvgIpc) is 3.23. The number of ether oxygens (including phenoxy) is 1. The third kappa shape index (κ3) is 4.31. The largest absolute Gasteiger partial charge is 0.748 e. The van der Waals surface area contributed by atoms with Crippen LogP contribution in [0.25, 0.3) is 11.1 Å². The summed E-state index contributed by atoms with van der Waals surface area (Å²) in [5, 5.41) is 2.88. The van der Waals surface area contributed by atoms with Gasteiger partial charge in [-0.25, -0.2) is 13.2 Å². The zero-order chi connectivity index (χ0) is 25.7. The minimum atomic E-state index is -4.25. The molecule has 36 heavy (non-hydrogen) atoms. The van der Waals surface area contributed by atoms with Gasteiger partial charge in [-0.1, -0.05) is 48.5 Å². The van der Waals surface area contributed by atoms with Crippen LogP contribution in [0.15, 0.2) is 66.7 Å². The minimum absolute atomic E-state index is 0.245. The van der Waals surface area contributed by atoms with E-state index in [2.05, 4.69) is 23.7 Å². The molecule has 0 saturated carbocycles. The molecule has 1 heterocycles. The van der Waals surface area contributed by atoms with E-state index < -0.39 is 28.1 Å². The first kappa shape index (κ1) is 24.2. The highest BCUT2D eigenvalue weighted by molar-refractivity contribution is 7.85. The second-order valence-electron chi connectivity index (χ2n) is 9.79. The van der Waals surface area contributed by atoms with E-state index in [9.17, 15) is 17.8 Å². The molecule has 0 bridgehead atoms. The van der Waals surface area contributed by atoms with E-state index in [1.54, 1.807) is 0 Å². The van der Waals surface area contributed by atoms with Crippen LogP contribution < -0.4 is 5.32 Å². The molecule has 7 nitrogen and oxygen atoms in total. The van der Waals surface area contributed by atoms with Crippen LogP contribution >= 0.6 is 0 Å². The predicted octanol–water partition coefficient (Wildman–Crippen LogP) is 5.34. The number of carbonyl (C=O) groups is 1. The number of nitrogens with one attached hydrogen (secondary N) is 1. The summed E-state index contributed by atoms with van der Waals surface area (Å²) in [6.07, 6.45) is -0.776. The molecule has 1 aliphatic carbocycles. The van der Waals surface area contributed by atoms with Gasteiger partial charge in [-0.15, -0.1) is 0 Å². The van der Waals surface area contributed by atoms with E-state index in [4.69, 9.17) is 4.74 Å². The van der Waals surface area contributed by atoms with Gasteiger partial charge in [0.1, 0.15) is 6.54 Å². The zero-order valence-electron chi connectivity index (χ0n) is 20.4. The molecule has 0 radical (unpaired) electrons. The molecule has 0 unspecified atom stereocenters. The molecule has 0 saturated heterocycles. The fourth-order valence-electron chi connectivity index (χ4n) is 5.24. The maximum absolute atomic E-state index is 13.0. The first-order valence-corrected chi connectivity index (χ1v) is 13.5. The van der Waals surface area contributed by atoms with Crippen LogP contribution in [0.3, 0.4) is 0 Å². The molecule has 0 aromatic heterocycles. The Kier molecular flexibility index (Phi) is 5.97. The van der Waals surface area contributed by atoms with Crippen molar-refractivity contribution < 1.29 is 27.1 Å². The van der Waals surface area contributed by atoms with Crippen LogP contribution in [0.1, 0.15) is 50.0 Å². The van der Waals surface area contributed by atoms with E-state index in [-0.39, 0.29) is 11.8 Å². The Morgan fingerprint density at radius 3 is 2.25 bits per heavy atom. The Labute approximate surface area is 211 Å². The molecule has 1 aliphatic heterocycles. The van der Waals surface area contributed by atoms with Gasteiger partial charge >= 0.3 is 6.09 Å². The number of anilines is 1. The number of rotatable bonds is 6. The summed E-state index contributed by atoms with van der Waals surface area (Å²) in [6.45, 7) is 6.60. The fraction of sp³-hybridized carbons (Fsp3) is 0.286. The molecule has 0 spiro atoms. The summed E-state index contributed by atoms with van der Waals surface area (Å²) >= 11 is 0. The van der Waals surface area contributed by atoms with Gasteiger partial charge in [0.05, 0.1) is 15.5 Å². The van der Waals surface area contributed by atoms with Gasteiger partial charge in [0, 0.05) is 47.5 Å². The number of benzene rings is 3. The third-order valence-electron chi connectivity index (χ3n) is 7.29. The lowest BCUT2D eigenvalue weighted by Gasteiger charge is -2.17. The maximum atomic E-state index is 13.0. The number of amides is 1. The second-order valence-corrected chi connectivity index (χ2v) is 11.3. The van der Waals surface area contributed by atoms with Crippen LogP contribution in [0.5, 0.6) is 0 Å². The monoisotopic (exact) mass is 504 g/mol. The lowest BCUT2D eigenvalue weighted by atomic mass is 9.82.